The maximum atomic E-state index is 12.1. The fourth-order valence-corrected chi connectivity index (χ4v) is 2.22. The highest BCUT2D eigenvalue weighted by Crippen LogP contribution is 2.23. The number of rotatable bonds is 3. The number of nitrogens with two attached hydrogens (primary N) is 1. The number of carbonyl (C=O) groups excluding carboxylic acids is 1. The molecule has 1 aliphatic heterocycles. The summed E-state index contributed by atoms with van der Waals surface area (Å²) in [5.74, 6) is 1.15. The van der Waals surface area contributed by atoms with Crippen molar-refractivity contribution in [2.24, 2.45) is 17.6 Å². The Hall–Kier alpha value is -0.280. The second-order valence-corrected chi connectivity index (χ2v) is 4.86. The zero-order valence-electron chi connectivity index (χ0n) is 10.6. The predicted octanol–water partition coefficient (Wildman–Crippen LogP) is 2.04. The minimum absolute atomic E-state index is 0. The number of hydrogen-bond acceptors (Lipinski definition) is 2. The molecule has 0 aliphatic carbocycles. The first-order valence-electron chi connectivity index (χ1n) is 6.10. The lowest BCUT2D eigenvalue weighted by molar-refractivity contribution is -0.139. The Labute approximate surface area is 105 Å². The maximum absolute atomic E-state index is 12.1. The van der Waals surface area contributed by atoms with Gasteiger partial charge in [-0.15, -0.1) is 12.4 Å². The van der Waals surface area contributed by atoms with Gasteiger partial charge in [-0.1, -0.05) is 20.8 Å². The lowest BCUT2D eigenvalue weighted by atomic mass is 9.91. The van der Waals surface area contributed by atoms with E-state index in [2.05, 4.69) is 13.8 Å². The Morgan fingerprint density at radius 1 is 1.56 bits per heavy atom. The molecule has 3 atom stereocenters. The van der Waals surface area contributed by atoms with Crippen LogP contribution in [0, 0.1) is 11.8 Å². The molecule has 1 amide bonds. The van der Waals surface area contributed by atoms with Gasteiger partial charge in [0.25, 0.3) is 0 Å². The standard InChI is InChI=1S/C12H24N2O.ClH/c1-4-10(3)12(15)14-6-5-9(2)7-11(14)8-13;/h9-11H,4-8,13H2,1-3H3;1H. The SMILES string of the molecule is CCC(C)C(=O)N1CCC(C)CC1CN.Cl. The molecule has 0 aromatic heterocycles. The fraction of sp³-hybridized carbons (Fsp3) is 0.917. The van der Waals surface area contributed by atoms with E-state index in [0.29, 0.717) is 18.4 Å². The van der Waals surface area contributed by atoms with Crippen LogP contribution in [0.15, 0.2) is 0 Å². The molecule has 4 heteroatoms. The molecule has 1 fully saturated rings. The molecule has 0 aromatic carbocycles. The van der Waals surface area contributed by atoms with Crippen LogP contribution in [0.5, 0.6) is 0 Å². The average molecular weight is 249 g/mol. The van der Waals surface area contributed by atoms with Crippen molar-refractivity contribution < 1.29 is 4.79 Å². The Morgan fingerprint density at radius 2 is 2.19 bits per heavy atom. The summed E-state index contributed by atoms with van der Waals surface area (Å²) in [5, 5.41) is 0. The van der Waals surface area contributed by atoms with Crippen molar-refractivity contribution in [1.29, 1.82) is 0 Å². The van der Waals surface area contributed by atoms with Crippen LogP contribution in [0.1, 0.15) is 40.0 Å². The first-order valence-corrected chi connectivity index (χ1v) is 6.10. The zero-order chi connectivity index (χ0) is 11.4. The lowest BCUT2D eigenvalue weighted by Crippen LogP contribution is -2.50. The molecule has 96 valence electrons. The lowest BCUT2D eigenvalue weighted by Gasteiger charge is -2.39. The van der Waals surface area contributed by atoms with Crippen LogP contribution in [0.4, 0.5) is 0 Å². The van der Waals surface area contributed by atoms with E-state index in [1.165, 1.54) is 0 Å². The highest BCUT2D eigenvalue weighted by atomic mass is 35.5. The molecule has 0 radical (unpaired) electrons. The fourth-order valence-electron chi connectivity index (χ4n) is 2.22. The summed E-state index contributed by atoms with van der Waals surface area (Å²) in [4.78, 5) is 14.1. The van der Waals surface area contributed by atoms with Crippen molar-refractivity contribution in [3.05, 3.63) is 0 Å². The van der Waals surface area contributed by atoms with Crippen LogP contribution < -0.4 is 5.73 Å². The van der Waals surface area contributed by atoms with Gasteiger partial charge in [0.1, 0.15) is 0 Å². The van der Waals surface area contributed by atoms with E-state index < -0.39 is 0 Å². The molecule has 1 rings (SSSR count). The van der Waals surface area contributed by atoms with E-state index in [9.17, 15) is 4.79 Å². The molecule has 3 nitrogen and oxygen atoms in total. The number of carbonyl (C=O) groups is 1. The van der Waals surface area contributed by atoms with Crippen LogP contribution in [0.25, 0.3) is 0 Å². The van der Waals surface area contributed by atoms with Crippen molar-refractivity contribution >= 4 is 18.3 Å². The molecule has 1 aliphatic rings. The predicted molar refractivity (Wildman–Crippen MR) is 69.7 cm³/mol. The number of hydrogen-bond donors (Lipinski definition) is 1. The van der Waals surface area contributed by atoms with E-state index in [-0.39, 0.29) is 24.4 Å². The van der Waals surface area contributed by atoms with Crippen LogP contribution in [-0.4, -0.2) is 29.9 Å². The summed E-state index contributed by atoms with van der Waals surface area (Å²) in [5.41, 5.74) is 5.74. The monoisotopic (exact) mass is 248 g/mol. The van der Waals surface area contributed by atoms with E-state index in [1.807, 2.05) is 11.8 Å². The third-order valence-corrected chi connectivity index (χ3v) is 3.57. The topological polar surface area (TPSA) is 46.3 Å². The minimum Gasteiger partial charge on any atom is -0.338 e. The minimum atomic E-state index is 0. The number of piperidine rings is 1. The van der Waals surface area contributed by atoms with Gasteiger partial charge in [-0.25, -0.2) is 0 Å². The van der Waals surface area contributed by atoms with Crippen LogP contribution in [-0.2, 0) is 4.79 Å². The van der Waals surface area contributed by atoms with Crippen LogP contribution >= 0.6 is 12.4 Å². The molecule has 0 aromatic rings. The first kappa shape index (κ1) is 15.7. The largest absolute Gasteiger partial charge is 0.338 e. The van der Waals surface area contributed by atoms with E-state index >= 15 is 0 Å². The highest BCUT2D eigenvalue weighted by molar-refractivity contribution is 5.85. The van der Waals surface area contributed by atoms with Gasteiger partial charge in [0, 0.05) is 25.0 Å². The molecule has 2 N–H and O–H groups in total. The number of halogens is 1. The normalized spacial score (nSPS) is 27.1. The Balaban J connectivity index is 0.00000225. The summed E-state index contributed by atoms with van der Waals surface area (Å²) < 4.78 is 0. The van der Waals surface area contributed by atoms with Crippen LogP contribution in [0.3, 0.4) is 0 Å². The number of amides is 1. The molecule has 3 unspecified atom stereocenters. The summed E-state index contributed by atoms with van der Waals surface area (Å²) in [6.07, 6.45) is 3.11. The summed E-state index contributed by atoms with van der Waals surface area (Å²) >= 11 is 0. The van der Waals surface area contributed by atoms with Gasteiger partial charge in [0.05, 0.1) is 0 Å². The highest BCUT2D eigenvalue weighted by Gasteiger charge is 2.30. The van der Waals surface area contributed by atoms with Crippen molar-refractivity contribution in [1.82, 2.24) is 4.90 Å². The number of nitrogens with zero attached hydrogens (tertiary/aromatic N) is 1. The second kappa shape index (κ2) is 7.13. The smallest absolute Gasteiger partial charge is 0.225 e. The van der Waals surface area contributed by atoms with Gasteiger partial charge >= 0.3 is 0 Å². The summed E-state index contributed by atoms with van der Waals surface area (Å²) in [7, 11) is 0. The Kier molecular flexibility index (Phi) is 7.00. The Bertz CT molecular complexity index is 223. The summed E-state index contributed by atoms with van der Waals surface area (Å²) in [6.45, 7) is 7.81. The van der Waals surface area contributed by atoms with E-state index in [0.717, 1.165) is 25.8 Å². The Morgan fingerprint density at radius 3 is 2.69 bits per heavy atom. The third kappa shape index (κ3) is 3.63. The van der Waals surface area contributed by atoms with Gasteiger partial charge in [-0.2, -0.15) is 0 Å². The maximum Gasteiger partial charge on any atom is 0.225 e. The van der Waals surface area contributed by atoms with E-state index in [1.54, 1.807) is 0 Å². The molecule has 1 heterocycles. The molecule has 0 saturated carbocycles. The van der Waals surface area contributed by atoms with Crippen molar-refractivity contribution in [2.75, 3.05) is 13.1 Å². The molecular formula is C12H25ClN2O. The van der Waals surface area contributed by atoms with Crippen molar-refractivity contribution in [2.45, 2.75) is 46.1 Å². The van der Waals surface area contributed by atoms with Gasteiger partial charge in [0.2, 0.25) is 5.91 Å². The molecule has 1 saturated heterocycles. The van der Waals surface area contributed by atoms with Crippen LogP contribution in [0.2, 0.25) is 0 Å². The van der Waals surface area contributed by atoms with E-state index in [4.69, 9.17) is 5.73 Å². The number of likely N-dealkylation sites (tertiary alicyclic amines) is 1. The third-order valence-electron chi connectivity index (χ3n) is 3.57. The summed E-state index contributed by atoms with van der Waals surface area (Å²) in [6, 6.07) is 0.273. The second-order valence-electron chi connectivity index (χ2n) is 4.86. The molecule has 16 heavy (non-hydrogen) atoms. The van der Waals surface area contributed by atoms with Gasteiger partial charge in [-0.3, -0.25) is 4.79 Å². The molecule has 0 bridgehead atoms. The average Bonchev–Trinajstić information content (AvgIpc) is 2.26. The first-order chi connectivity index (χ1) is 7.10. The molecular weight excluding hydrogens is 224 g/mol. The van der Waals surface area contributed by atoms with Gasteiger partial charge in [0.15, 0.2) is 0 Å². The van der Waals surface area contributed by atoms with Gasteiger partial charge < -0.3 is 10.6 Å². The quantitative estimate of drug-likeness (QED) is 0.831. The van der Waals surface area contributed by atoms with Gasteiger partial charge in [-0.05, 0) is 25.2 Å². The van der Waals surface area contributed by atoms with Crippen molar-refractivity contribution in [3.8, 4) is 0 Å². The zero-order valence-corrected chi connectivity index (χ0v) is 11.4. The molecule has 0 spiro atoms. The van der Waals surface area contributed by atoms with Crippen molar-refractivity contribution in [3.63, 3.8) is 0 Å².